The quantitative estimate of drug-likeness (QED) is 0.163. The van der Waals surface area contributed by atoms with Crippen LogP contribution >= 0.6 is 0 Å². The molecule has 0 fully saturated rings. The van der Waals surface area contributed by atoms with Gasteiger partial charge in [-0.1, -0.05) is 164 Å². The molecule has 0 N–H and O–H groups in total. The molecule has 1 heterocycles. The van der Waals surface area contributed by atoms with Crippen molar-refractivity contribution < 1.29 is 0 Å². The maximum Gasteiger partial charge on any atom is 0.0547 e. The Morgan fingerprint density at radius 2 is 0.921 bits per heavy atom. The molecule has 0 aliphatic heterocycles. The number of para-hydroxylation sites is 2. The van der Waals surface area contributed by atoms with E-state index in [1.807, 2.05) is 0 Å². The van der Waals surface area contributed by atoms with E-state index in [4.69, 9.17) is 0 Å². The van der Waals surface area contributed by atoms with Crippen molar-refractivity contribution in [2.45, 2.75) is 18.3 Å². The summed E-state index contributed by atoms with van der Waals surface area (Å²) in [4.78, 5) is 2.42. The van der Waals surface area contributed by atoms with Gasteiger partial charge < -0.3 is 9.47 Å². The Morgan fingerprint density at radius 3 is 1.68 bits per heavy atom. The number of anilines is 3. The summed E-state index contributed by atoms with van der Waals surface area (Å²) in [5.74, 6) is 0. The first-order valence-electron chi connectivity index (χ1n) is 22.1. The molecule has 0 radical (unpaired) electrons. The van der Waals surface area contributed by atoms with E-state index in [0.717, 1.165) is 24.2 Å². The lowest BCUT2D eigenvalue weighted by Crippen LogP contribution is -2.26. The highest BCUT2D eigenvalue weighted by Gasteiger charge is 2.47. The number of hydrogen-bond donors (Lipinski definition) is 0. The van der Waals surface area contributed by atoms with Gasteiger partial charge in [0.1, 0.15) is 0 Å². The van der Waals surface area contributed by atoms with Crippen LogP contribution in [0.25, 0.3) is 71.6 Å². The number of hydrogen-bond acceptors (Lipinski definition) is 1. The Hall–Kier alpha value is -7.94. The van der Waals surface area contributed by atoms with Crippen LogP contribution in [-0.4, -0.2) is 4.57 Å². The van der Waals surface area contributed by atoms with E-state index in [1.54, 1.807) is 0 Å². The first-order valence-corrected chi connectivity index (χ1v) is 22.1. The molecule has 10 aromatic carbocycles. The van der Waals surface area contributed by atoms with Gasteiger partial charge in [0.15, 0.2) is 0 Å². The van der Waals surface area contributed by atoms with Gasteiger partial charge in [0, 0.05) is 38.9 Å². The maximum atomic E-state index is 2.49. The fraction of sp³-hybridized carbons (Fsp3) is 0.0492. The van der Waals surface area contributed by atoms with Crippen LogP contribution in [0.2, 0.25) is 0 Å². The van der Waals surface area contributed by atoms with E-state index in [2.05, 4.69) is 240 Å². The SMILES string of the molecule is c1ccc(N(c2ccc(-c3ccc(-c4ccc5c(c4)c4c6ccccc6ccc4n5-c4ccccc4)cc3)cc2)c2ccc3c(c2)C2(Cc4ccccc4C2)c2ccccc2-3)cc1. The summed E-state index contributed by atoms with van der Waals surface area (Å²) < 4.78 is 2.40. The fourth-order valence-electron chi connectivity index (χ4n) is 11.1. The molecule has 0 saturated carbocycles. The molecule has 1 spiro atoms. The van der Waals surface area contributed by atoms with Crippen LogP contribution in [-0.2, 0) is 18.3 Å². The minimum Gasteiger partial charge on any atom is -0.310 e. The van der Waals surface area contributed by atoms with E-state index in [1.165, 1.54) is 99.6 Å². The van der Waals surface area contributed by atoms with Gasteiger partial charge in [0.2, 0.25) is 0 Å². The number of benzene rings is 10. The molecular weight excluding hydrogens is 761 g/mol. The van der Waals surface area contributed by atoms with Crippen LogP contribution in [0.3, 0.4) is 0 Å². The molecule has 296 valence electrons. The van der Waals surface area contributed by atoms with Crippen molar-refractivity contribution in [3.05, 3.63) is 253 Å². The molecule has 13 rings (SSSR count). The average molecular weight is 803 g/mol. The lowest BCUT2D eigenvalue weighted by molar-refractivity contribution is 0.563. The summed E-state index contributed by atoms with van der Waals surface area (Å²) in [5.41, 5.74) is 20.4. The number of nitrogens with zero attached hydrogens (tertiary/aromatic N) is 2. The van der Waals surface area contributed by atoms with E-state index >= 15 is 0 Å². The third-order valence-corrected chi connectivity index (χ3v) is 14.0. The smallest absolute Gasteiger partial charge is 0.0547 e. The second-order valence-corrected chi connectivity index (χ2v) is 17.4. The summed E-state index contributed by atoms with van der Waals surface area (Å²) in [7, 11) is 0. The van der Waals surface area contributed by atoms with Crippen molar-refractivity contribution in [2.24, 2.45) is 0 Å². The summed E-state index contributed by atoms with van der Waals surface area (Å²) in [5, 5.41) is 5.10. The first kappa shape index (κ1) is 35.8. The summed E-state index contributed by atoms with van der Waals surface area (Å²) in [6.45, 7) is 0. The molecule has 2 heteroatoms. The van der Waals surface area contributed by atoms with Crippen molar-refractivity contribution in [2.75, 3.05) is 4.90 Å². The topological polar surface area (TPSA) is 8.17 Å². The second-order valence-electron chi connectivity index (χ2n) is 17.4. The van der Waals surface area contributed by atoms with E-state index < -0.39 is 0 Å². The number of aromatic nitrogens is 1. The van der Waals surface area contributed by atoms with Crippen LogP contribution < -0.4 is 4.90 Å². The average Bonchev–Trinajstić information content (AvgIpc) is 4.00. The molecular formula is C61H42N2. The van der Waals surface area contributed by atoms with Crippen molar-refractivity contribution >= 4 is 49.6 Å². The van der Waals surface area contributed by atoms with Gasteiger partial charge in [-0.2, -0.15) is 0 Å². The highest BCUT2D eigenvalue weighted by atomic mass is 15.1. The molecule has 1 aromatic heterocycles. The molecule has 0 saturated heterocycles. The van der Waals surface area contributed by atoms with Gasteiger partial charge in [-0.15, -0.1) is 0 Å². The molecule has 2 nitrogen and oxygen atoms in total. The lowest BCUT2D eigenvalue weighted by Gasteiger charge is -2.30. The zero-order chi connectivity index (χ0) is 41.5. The summed E-state index contributed by atoms with van der Waals surface area (Å²) in [6.07, 6.45) is 2.06. The van der Waals surface area contributed by atoms with E-state index in [-0.39, 0.29) is 5.41 Å². The van der Waals surface area contributed by atoms with E-state index in [9.17, 15) is 0 Å². The molecule has 2 aliphatic carbocycles. The Bertz CT molecular complexity index is 3520. The monoisotopic (exact) mass is 802 g/mol. The van der Waals surface area contributed by atoms with Gasteiger partial charge in [0.05, 0.1) is 11.0 Å². The summed E-state index contributed by atoms with van der Waals surface area (Å²) in [6, 6.07) is 85.2. The molecule has 0 atom stereocenters. The van der Waals surface area contributed by atoms with E-state index in [0.29, 0.717) is 0 Å². The molecule has 11 aromatic rings. The van der Waals surface area contributed by atoms with Crippen LogP contribution in [0.1, 0.15) is 22.3 Å². The Morgan fingerprint density at radius 1 is 0.365 bits per heavy atom. The standard InChI is InChI=1S/C61H42N2/c1-3-16-48(17-4-1)62(51-33-34-54-53-21-11-12-22-56(53)61(57(54)38-51)39-46-14-7-8-15-47(46)40-61)50-31-27-42(28-32-50)41-23-25-43(26-24-41)45-30-35-58-55(37-45)60-52-20-10-9-13-44(52)29-36-59(60)63(58)49-18-5-2-6-19-49/h1-38H,39-40H2. The molecule has 63 heavy (non-hydrogen) atoms. The predicted molar refractivity (Wildman–Crippen MR) is 264 cm³/mol. The lowest BCUT2D eigenvalue weighted by atomic mass is 9.75. The molecule has 0 bridgehead atoms. The van der Waals surface area contributed by atoms with Crippen LogP contribution in [0.4, 0.5) is 17.1 Å². The zero-order valence-corrected chi connectivity index (χ0v) is 34.7. The Kier molecular flexibility index (Phi) is 7.98. The fourth-order valence-corrected chi connectivity index (χ4v) is 11.1. The molecule has 2 aliphatic rings. The minimum atomic E-state index is -0.0643. The predicted octanol–water partition coefficient (Wildman–Crippen LogP) is 15.8. The van der Waals surface area contributed by atoms with Gasteiger partial charge in [-0.05, 0) is 146 Å². The van der Waals surface area contributed by atoms with Crippen LogP contribution in [0.5, 0.6) is 0 Å². The van der Waals surface area contributed by atoms with Crippen molar-refractivity contribution in [3.63, 3.8) is 0 Å². The third kappa shape index (κ3) is 5.58. The maximum absolute atomic E-state index is 2.49. The molecule has 0 amide bonds. The highest BCUT2D eigenvalue weighted by molar-refractivity contribution is 6.22. The zero-order valence-electron chi connectivity index (χ0n) is 34.7. The van der Waals surface area contributed by atoms with Gasteiger partial charge in [-0.3, -0.25) is 0 Å². The Balaban J connectivity index is 0.853. The first-order chi connectivity index (χ1) is 31.2. The minimum absolute atomic E-state index is 0.0643. The summed E-state index contributed by atoms with van der Waals surface area (Å²) >= 11 is 0. The van der Waals surface area contributed by atoms with Gasteiger partial charge >= 0.3 is 0 Å². The van der Waals surface area contributed by atoms with Gasteiger partial charge in [0.25, 0.3) is 0 Å². The normalized spacial score (nSPS) is 13.4. The van der Waals surface area contributed by atoms with Crippen molar-refractivity contribution in [1.82, 2.24) is 4.57 Å². The number of fused-ring (bicyclic) bond motifs is 11. The molecule has 0 unspecified atom stereocenters. The van der Waals surface area contributed by atoms with Gasteiger partial charge in [-0.25, -0.2) is 0 Å². The van der Waals surface area contributed by atoms with Crippen molar-refractivity contribution in [1.29, 1.82) is 0 Å². The van der Waals surface area contributed by atoms with Crippen LogP contribution in [0.15, 0.2) is 231 Å². The van der Waals surface area contributed by atoms with Crippen LogP contribution in [0, 0.1) is 0 Å². The second kappa shape index (κ2) is 14.1. The largest absolute Gasteiger partial charge is 0.310 e. The number of rotatable bonds is 6. The third-order valence-electron chi connectivity index (χ3n) is 14.0. The van der Waals surface area contributed by atoms with Crippen molar-refractivity contribution in [3.8, 4) is 39.1 Å². The highest BCUT2D eigenvalue weighted by Crippen LogP contribution is 2.56. The Labute approximate surface area is 367 Å².